The van der Waals surface area contributed by atoms with Crippen LogP contribution < -0.4 is 22.5 Å². The number of aryl methyl sites for hydroxylation is 1. The van der Waals surface area contributed by atoms with Crippen LogP contribution in [0.15, 0.2) is 73.2 Å². The van der Waals surface area contributed by atoms with Crippen LogP contribution in [0.5, 0.6) is 0 Å². The number of fused-ring (bicyclic) bond motifs is 2. The van der Waals surface area contributed by atoms with E-state index in [0.29, 0.717) is 35.9 Å². The molecule has 6 heterocycles. The largest absolute Gasteiger partial charge is 0.361 e. The van der Waals surface area contributed by atoms with Gasteiger partial charge in [-0.05, 0) is 49.7 Å². The van der Waals surface area contributed by atoms with Crippen molar-refractivity contribution in [2.45, 2.75) is 65.8 Å². The molecule has 0 N–H and O–H groups in total. The second kappa shape index (κ2) is 15.3. The van der Waals surface area contributed by atoms with Gasteiger partial charge in [0.1, 0.15) is 29.9 Å². The molecular formula is C35H41N9O7Si. The fraction of sp³-hybridized carbons (Fsp3) is 0.371. The first-order valence-corrected chi connectivity index (χ1v) is 20.3. The summed E-state index contributed by atoms with van der Waals surface area (Å²) in [7, 11) is 1.82. The summed E-state index contributed by atoms with van der Waals surface area (Å²) in [5.74, 6) is 0.350. The maximum absolute atomic E-state index is 13.2. The Morgan fingerprint density at radius 1 is 0.769 bits per heavy atom. The summed E-state index contributed by atoms with van der Waals surface area (Å²) in [4.78, 5) is 90.4. The van der Waals surface area contributed by atoms with E-state index in [0.717, 1.165) is 26.3 Å². The topological polar surface area (TPSA) is 187 Å². The first-order chi connectivity index (χ1) is 24.6. The lowest BCUT2D eigenvalue weighted by molar-refractivity contribution is -0.118. The van der Waals surface area contributed by atoms with E-state index in [1.165, 1.54) is 23.0 Å². The van der Waals surface area contributed by atoms with E-state index in [4.69, 9.17) is 4.74 Å². The Bertz CT molecular complexity index is 2440. The predicted molar refractivity (Wildman–Crippen MR) is 198 cm³/mol. The number of rotatable bonds is 11. The number of imidazole rings is 1. The molecule has 0 radical (unpaired) electrons. The lowest BCUT2D eigenvalue weighted by Crippen LogP contribution is -2.41. The zero-order chi connectivity index (χ0) is 37.9. The molecule has 0 saturated carbocycles. The molecule has 272 valence electrons. The third-order valence-electron chi connectivity index (χ3n) is 8.36. The van der Waals surface area contributed by atoms with Gasteiger partial charge in [0, 0.05) is 65.5 Å². The molecule has 0 aliphatic carbocycles. The normalized spacial score (nSPS) is 12.3. The van der Waals surface area contributed by atoms with Crippen molar-refractivity contribution in [3.63, 3.8) is 0 Å². The van der Waals surface area contributed by atoms with Crippen LogP contribution in [0.2, 0.25) is 25.7 Å². The van der Waals surface area contributed by atoms with Crippen molar-refractivity contribution in [3.8, 4) is 11.4 Å². The van der Waals surface area contributed by atoms with Gasteiger partial charge < -0.3 is 4.74 Å². The molecule has 5 aromatic rings. The fourth-order valence-corrected chi connectivity index (χ4v) is 6.40. The van der Waals surface area contributed by atoms with Crippen LogP contribution in [0, 0.1) is 0 Å². The SMILES string of the molecule is CC(=O)Cn1c(=O)c2c(n(C)c1=O)N=C(c1ccncc1)C2.CC(=O)Cn1c(=O)c2c(nc(-c3ccncc3)n2COCC[Si](C)(C)C)n(C)c1=O. The lowest BCUT2D eigenvalue weighted by Gasteiger charge is -2.16. The second-order valence-corrected chi connectivity index (χ2v) is 19.4. The molecule has 52 heavy (non-hydrogen) atoms. The van der Waals surface area contributed by atoms with Crippen LogP contribution in [-0.4, -0.2) is 69.7 Å². The van der Waals surface area contributed by atoms with Crippen molar-refractivity contribution in [1.82, 2.24) is 37.8 Å². The second-order valence-electron chi connectivity index (χ2n) is 13.8. The highest BCUT2D eigenvalue weighted by Gasteiger charge is 2.25. The number of pyridine rings is 2. The number of aromatic nitrogens is 8. The molecular weight excluding hydrogens is 687 g/mol. The molecule has 16 nitrogen and oxygen atoms in total. The first kappa shape index (κ1) is 37.6. The minimum Gasteiger partial charge on any atom is -0.361 e. The highest BCUT2D eigenvalue weighted by molar-refractivity contribution is 6.76. The first-order valence-electron chi connectivity index (χ1n) is 16.6. The highest BCUT2D eigenvalue weighted by atomic mass is 28.3. The van der Waals surface area contributed by atoms with E-state index in [-0.39, 0.29) is 42.6 Å². The van der Waals surface area contributed by atoms with E-state index in [2.05, 4.69) is 39.6 Å². The summed E-state index contributed by atoms with van der Waals surface area (Å²) >= 11 is 0. The van der Waals surface area contributed by atoms with Gasteiger partial charge in [-0.15, -0.1) is 0 Å². The number of aliphatic imine (C=N–C) groups is 1. The number of hydrogen-bond donors (Lipinski definition) is 0. The van der Waals surface area contributed by atoms with Gasteiger partial charge in [-0.3, -0.25) is 52.0 Å². The standard InChI is InChI=1S/C20H27N5O4Si.C15H14N4O3/c1-14(26)12-24-19(27)16-18(23(2)20(24)28)22-17(15-6-8-21-9-7-15)25(16)13-29-10-11-30(3,4)5;1-9(20)8-19-14(21)11-7-12(10-3-5-16-6-4-10)17-13(11)18(2)15(19)22/h6-9H,10-13H2,1-5H3;3-6H,7-8H2,1-2H3. The van der Waals surface area contributed by atoms with Crippen molar-refractivity contribution in [2.24, 2.45) is 19.1 Å². The zero-order valence-corrected chi connectivity index (χ0v) is 31.2. The van der Waals surface area contributed by atoms with E-state index in [9.17, 15) is 28.8 Å². The maximum Gasteiger partial charge on any atom is 0.332 e. The predicted octanol–water partition coefficient (Wildman–Crippen LogP) is 2.07. The molecule has 1 aliphatic heterocycles. The van der Waals surface area contributed by atoms with Gasteiger partial charge in [-0.25, -0.2) is 19.6 Å². The molecule has 0 aromatic carbocycles. The van der Waals surface area contributed by atoms with E-state index in [1.807, 2.05) is 0 Å². The number of carbonyl (C=O) groups is 2. The van der Waals surface area contributed by atoms with E-state index in [1.54, 1.807) is 67.7 Å². The maximum atomic E-state index is 13.2. The summed E-state index contributed by atoms with van der Waals surface area (Å²) in [6, 6.07) is 8.16. The van der Waals surface area contributed by atoms with Crippen molar-refractivity contribution in [3.05, 3.63) is 102 Å². The Labute approximate surface area is 298 Å². The molecule has 5 aromatic heterocycles. The van der Waals surface area contributed by atoms with Gasteiger partial charge in [0.15, 0.2) is 11.2 Å². The summed E-state index contributed by atoms with van der Waals surface area (Å²) < 4.78 is 12.1. The Morgan fingerprint density at radius 2 is 1.31 bits per heavy atom. The molecule has 0 amide bonds. The molecule has 0 spiro atoms. The third kappa shape index (κ3) is 7.94. The van der Waals surface area contributed by atoms with Crippen LogP contribution in [0.25, 0.3) is 22.6 Å². The van der Waals surface area contributed by atoms with Gasteiger partial charge in [-0.1, -0.05) is 19.6 Å². The quantitative estimate of drug-likeness (QED) is 0.144. The van der Waals surface area contributed by atoms with Crippen molar-refractivity contribution >= 4 is 42.3 Å². The highest BCUT2D eigenvalue weighted by Crippen LogP contribution is 2.25. The zero-order valence-electron chi connectivity index (χ0n) is 30.2. The van der Waals surface area contributed by atoms with Crippen LogP contribution >= 0.6 is 0 Å². The van der Waals surface area contributed by atoms with Crippen LogP contribution in [0.4, 0.5) is 5.82 Å². The number of nitrogens with zero attached hydrogens (tertiary/aromatic N) is 9. The minimum absolute atomic E-state index is 0.117. The van der Waals surface area contributed by atoms with Crippen LogP contribution in [0.1, 0.15) is 25.0 Å². The molecule has 0 unspecified atom stereocenters. The fourth-order valence-electron chi connectivity index (χ4n) is 5.64. The smallest absolute Gasteiger partial charge is 0.332 e. The Hall–Kier alpha value is -5.68. The molecule has 6 rings (SSSR count). The molecule has 0 atom stereocenters. The average molecular weight is 728 g/mol. The summed E-state index contributed by atoms with van der Waals surface area (Å²) in [5, 5.41) is 0. The number of Topliss-reactive ketones (excluding diaryl/α,β-unsaturated/α-hetero) is 2. The van der Waals surface area contributed by atoms with Crippen molar-refractivity contribution in [2.75, 3.05) is 6.61 Å². The van der Waals surface area contributed by atoms with E-state index < -0.39 is 30.6 Å². The Balaban J connectivity index is 0.000000210. The monoisotopic (exact) mass is 727 g/mol. The molecule has 0 fully saturated rings. The minimum atomic E-state index is -1.27. The third-order valence-corrected chi connectivity index (χ3v) is 10.1. The van der Waals surface area contributed by atoms with Crippen LogP contribution in [0.3, 0.4) is 0 Å². The number of carbonyl (C=O) groups excluding carboxylic acids is 2. The van der Waals surface area contributed by atoms with Gasteiger partial charge >= 0.3 is 11.4 Å². The van der Waals surface area contributed by atoms with Crippen molar-refractivity contribution < 1.29 is 14.3 Å². The van der Waals surface area contributed by atoms with E-state index >= 15 is 0 Å². The summed E-state index contributed by atoms with van der Waals surface area (Å²) in [6.07, 6.45) is 6.91. The summed E-state index contributed by atoms with van der Waals surface area (Å²) in [6.45, 7) is 9.67. The molecule has 1 aliphatic rings. The van der Waals surface area contributed by atoms with Gasteiger partial charge in [0.2, 0.25) is 0 Å². The van der Waals surface area contributed by atoms with Gasteiger partial charge in [0.25, 0.3) is 11.1 Å². The Kier molecular flexibility index (Phi) is 11.0. The molecule has 0 bridgehead atoms. The average Bonchev–Trinajstić information content (AvgIpc) is 3.73. The van der Waals surface area contributed by atoms with Gasteiger partial charge in [0.05, 0.1) is 24.4 Å². The van der Waals surface area contributed by atoms with Crippen molar-refractivity contribution in [1.29, 1.82) is 0 Å². The molecule has 17 heteroatoms. The van der Waals surface area contributed by atoms with Crippen LogP contribution in [-0.2, 0) is 54.7 Å². The lowest BCUT2D eigenvalue weighted by atomic mass is 10.1. The Morgan fingerprint density at radius 3 is 1.87 bits per heavy atom. The summed E-state index contributed by atoms with van der Waals surface area (Å²) in [5.41, 5.74) is 1.15. The molecule has 0 saturated heterocycles. The number of ketones is 2. The van der Waals surface area contributed by atoms with Gasteiger partial charge in [-0.2, -0.15) is 0 Å². The number of ether oxygens (including phenoxy) is 1. The number of hydrogen-bond acceptors (Lipinski definition) is 11.